The van der Waals surface area contributed by atoms with Crippen molar-refractivity contribution < 1.29 is 13.9 Å². The zero-order valence-electron chi connectivity index (χ0n) is 15.2. The Morgan fingerprint density at radius 3 is 2.68 bits per heavy atom. The van der Waals surface area contributed by atoms with Crippen molar-refractivity contribution in [1.82, 2.24) is 10.6 Å². The Kier molecular flexibility index (Phi) is 9.48. The maximum absolute atomic E-state index is 13.3. The Hall–Kier alpha value is -1.09. The second-order valence-electron chi connectivity index (χ2n) is 6.49. The molecule has 1 aliphatic heterocycles. The number of halogens is 2. The van der Waals surface area contributed by atoms with Gasteiger partial charge in [0.1, 0.15) is 17.7 Å². The van der Waals surface area contributed by atoms with Crippen molar-refractivity contribution in [1.29, 1.82) is 0 Å². The van der Waals surface area contributed by atoms with Gasteiger partial charge in [-0.25, -0.2) is 4.39 Å². The van der Waals surface area contributed by atoms with Gasteiger partial charge in [-0.05, 0) is 25.5 Å². The molecule has 0 amide bonds. The van der Waals surface area contributed by atoms with Gasteiger partial charge in [0.25, 0.3) is 0 Å². The fourth-order valence-electron chi connectivity index (χ4n) is 2.37. The lowest BCUT2D eigenvalue weighted by Gasteiger charge is -2.36. The topological polar surface area (TPSA) is 54.9 Å². The molecule has 0 aliphatic carbocycles. The van der Waals surface area contributed by atoms with Crippen LogP contribution >= 0.6 is 24.0 Å². The average molecular weight is 465 g/mol. The summed E-state index contributed by atoms with van der Waals surface area (Å²) < 4.78 is 24.4. The van der Waals surface area contributed by atoms with Crippen LogP contribution in [0.4, 0.5) is 4.39 Å². The summed E-state index contributed by atoms with van der Waals surface area (Å²) in [7, 11) is 0. The van der Waals surface area contributed by atoms with Crippen molar-refractivity contribution in [2.24, 2.45) is 10.4 Å². The van der Waals surface area contributed by atoms with Crippen molar-refractivity contribution in [2.75, 3.05) is 32.8 Å². The molecule has 25 heavy (non-hydrogen) atoms. The first kappa shape index (κ1) is 22.0. The van der Waals surface area contributed by atoms with E-state index < -0.39 is 0 Å². The van der Waals surface area contributed by atoms with Crippen LogP contribution < -0.4 is 15.4 Å². The molecule has 0 bridgehead atoms. The van der Waals surface area contributed by atoms with E-state index in [0.29, 0.717) is 12.3 Å². The van der Waals surface area contributed by atoms with Crippen molar-refractivity contribution in [3.8, 4) is 5.75 Å². The Bertz CT molecular complexity index is 553. The monoisotopic (exact) mass is 465 g/mol. The molecule has 1 unspecified atom stereocenters. The highest BCUT2D eigenvalue weighted by Crippen LogP contribution is 2.26. The standard InChI is InChI=1S/C18H28FN3O2.HI/c1-4-15(24-16-8-6-7-14(19)9-16)10-21-17(20-5-2)22-11-18(3)12-23-13-18;/h6-9,15H,4-5,10-13H2,1-3H3,(H2,20,21,22);1H. The average Bonchev–Trinajstić information content (AvgIpc) is 2.54. The highest BCUT2D eigenvalue weighted by molar-refractivity contribution is 14.0. The molecular formula is C18H29FIN3O2. The summed E-state index contributed by atoms with van der Waals surface area (Å²) in [5, 5.41) is 6.54. The minimum absolute atomic E-state index is 0. The highest BCUT2D eigenvalue weighted by Gasteiger charge is 2.33. The number of guanidine groups is 1. The molecule has 1 aromatic rings. The summed E-state index contributed by atoms with van der Waals surface area (Å²) in [6.45, 7) is 9.89. The van der Waals surface area contributed by atoms with Gasteiger partial charge in [-0.2, -0.15) is 0 Å². The molecule has 1 atom stereocenters. The summed E-state index contributed by atoms with van der Waals surface area (Å²) >= 11 is 0. The van der Waals surface area contributed by atoms with Crippen molar-refractivity contribution >= 4 is 29.9 Å². The van der Waals surface area contributed by atoms with Crippen LogP contribution in [0.15, 0.2) is 29.3 Å². The summed E-state index contributed by atoms with van der Waals surface area (Å²) in [6, 6.07) is 6.23. The molecule has 0 saturated carbocycles. The minimum atomic E-state index is -0.291. The Morgan fingerprint density at radius 2 is 2.12 bits per heavy atom. The minimum Gasteiger partial charge on any atom is -0.489 e. The Balaban J connectivity index is 0.00000312. The first-order valence-corrected chi connectivity index (χ1v) is 8.57. The Labute approximate surface area is 166 Å². The number of ether oxygens (including phenoxy) is 2. The number of hydrogen-bond donors (Lipinski definition) is 2. The number of aliphatic imine (C=N–C) groups is 1. The third-order valence-corrected chi connectivity index (χ3v) is 3.92. The molecule has 0 radical (unpaired) electrons. The zero-order chi connectivity index (χ0) is 17.4. The van der Waals surface area contributed by atoms with E-state index in [1.54, 1.807) is 12.1 Å². The zero-order valence-corrected chi connectivity index (χ0v) is 17.5. The van der Waals surface area contributed by atoms with E-state index >= 15 is 0 Å². The van der Waals surface area contributed by atoms with E-state index in [1.807, 2.05) is 13.8 Å². The Morgan fingerprint density at radius 1 is 1.36 bits per heavy atom. The van der Waals surface area contributed by atoms with Crippen LogP contribution in [-0.4, -0.2) is 44.9 Å². The van der Waals surface area contributed by atoms with Gasteiger partial charge in [-0.15, -0.1) is 24.0 Å². The quantitative estimate of drug-likeness (QED) is 0.352. The third kappa shape index (κ3) is 7.35. The SMILES string of the molecule is CCNC(=NCC1(C)COC1)NCC(CC)Oc1cccc(F)c1.I. The number of nitrogens with zero attached hydrogens (tertiary/aromatic N) is 1. The fourth-order valence-corrected chi connectivity index (χ4v) is 2.37. The van der Waals surface area contributed by atoms with Crippen LogP contribution in [-0.2, 0) is 4.74 Å². The predicted molar refractivity (Wildman–Crippen MR) is 109 cm³/mol. The lowest BCUT2D eigenvalue weighted by Crippen LogP contribution is -2.46. The lowest BCUT2D eigenvalue weighted by atomic mass is 9.89. The summed E-state index contributed by atoms with van der Waals surface area (Å²) in [5.41, 5.74) is 0.143. The third-order valence-electron chi connectivity index (χ3n) is 3.92. The van der Waals surface area contributed by atoms with Crippen molar-refractivity contribution in [2.45, 2.75) is 33.3 Å². The summed E-state index contributed by atoms with van der Waals surface area (Å²) in [4.78, 5) is 4.63. The maximum atomic E-state index is 13.3. The molecule has 0 aromatic heterocycles. The summed E-state index contributed by atoms with van der Waals surface area (Å²) in [5.74, 6) is 1.03. The fraction of sp³-hybridized carbons (Fsp3) is 0.611. The van der Waals surface area contributed by atoms with E-state index in [0.717, 1.165) is 38.7 Å². The van der Waals surface area contributed by atoms with Crippen LogP contribution in [0.25, 0.3) is 0 Å². The number of nitrogens with one attached hydrogen (secondary N) is 2. The molecule has 1 aromatic carbocycles. The number of hydrogen-bond acceptors (Lipinski definition) is 3. The molecule has 2 rings (SSSR count). The van der Waals surface area contributed by atoms with Gasteiger partial charge < -0.3 is 20.1 Å². The van der Waals surface area contributed by atoms with Crippen LogP contribution in [0.1, 0.15) is 27.2 Å². The van der Waals surface area contributed by atoms with E-state index in [4.69, 9.17) is 9.47 Å². The number of rotatable bonds is 8. The molecule has 2 N–H and O–H groups in total. The molecule has 1 fully saturated rings. The molecule has 142 valence electrons. The van der Waals surface area contributed by atoms with Crippen LogP contribution in [0.2, 0.25) is 0 Å². The number of benzene rings is 1. The van der Waals surface area contributed by atoms with Gasteiger partial charge in [0.05, 0.1) is 26.3 Å². The highest BCUT2D eigenvalue weighted by atomic mass is 127. The molecule has 0 spiro atoms. The van der Waals surface area contributed by atoms with E-state index in [2.05, 4.69) is 22.5 Å². The largest absolute Gasteiger partial charge is 0.489 e. The van der Waals surface area contributed by atoms with Crippen molar-refractivity contribution in [3.05, 3.63) is 30.1 Å². The van der Waals surface area contributed by atoms with Gasteiger partial charge >= 0.3 is 0 Å². The summed E-state index contributed by atoms with van der Waals surface area (Å²) in [6.07, 6.45) is 0.757. The second kappa shape index (κ2) is 10.8. The van der Waals surface area contributed by atoms with Gasteiger partial charge in [-0.1, -0.05) is 19.9 Å². The second-order valence-corrected chi connectivity index (χ2v) is 6.49. The van der Waals surface area contributed by atoms with Gasteiger partial charge in [0, 0.05) is 18.0 Å². The molecule has 1 aliphatic rings. The smallest absolute Gasteiger partial charge is 0.191 e. The molecular weight excluding hydrogens is 436 g/mol. The van der Waals surface area contributed by atoms with Crippen LogP contribution in [0.5, 0.6) is 5.75 Å². The van der Waals surface area contributed by atoms with Gasteiger partial charge in [0.15, 0.2) is 5.96 Å². The first-order chi connectivity index (χ1) is 11.5. The van der Waals surface area contributed by atoms with E-state index in [9.17, 15) is 4.39 Å². The first-order valence-electron chi connectivity index (χ1n) is 8.57. The molecule has 7 heteroatoms. The molecule has 1 heterocycles. The van der Waals surface area contributed by atoms with Crippen LogP contribution in [0.3, 0.4) is 0 Å². The van der Waals surface area contributed by atoms with Gasteiger partial charge in [0.2, 0.25) is 0 Å². The lowest BCUT2D eigenvalue weighted by molar-refractivity contribution is -0.0945. The van der Waals surface area contributed by atoms with Crippen LogP contribution in [0, 0.1) is 11.2 Å². The van der Waals surface area contributed by atoms with E-state index in [1.165, 1.54) is 12.1 Å². The normalized spacial score (nSPS) is 17.0. The van der Waals surface area contributed by atoms with Gasteiger partial charge in [-0.3, -0.25) is 4.99 Å². The van der Waals surface area contributed by atoms with E-state index in [-0.39, 0.29) is 41.3 Å². The maximum Gasteiger partial charge on any atom is 0.191 e. The molecule has 5 nitrogen and oxygen atoms in total. The van der Waals surface area contributed by atoms with Crippen molar-refractivity contribution in [3.63, 3.8) is 0 Å². The predicted octanol–water partition coefficient (Wildman–Crippen LogP) is 3.19. The molecule has 1 saturated heterocycles.